The SMILES string of the molecule is CCCCC1CCC(C(=O)Oc2ccc3c(c2)ncn3C)CC1. The van der Waals surface area contributed by atoms with E-state index in [4.69, 9.17) is 4.74 Å². The monoisotopic (exact) mass is 314 g/mol. The van der Waals surface area contributed by atoms with Gasteiger partial charge in [0.1, 0.15) is 5.75 Å². The Kier molecular flexibility index (Phi) is 4.99. The molecule has 0 bridgehead atoms. The van der Waals surface area contributed by atoms with E-state index in [1.165, 1.54) is 32.1 Å². The molecule has 4 heteroatoms. The molecule has 1 aliphatic carbocycles. The Morgan fingerprint density at radius 2 is 2.09 bits per heavy atom. The lowest BCUT2D eigenvalue weighted by molar-refractivity contribution is -0.140. The molecule has 124 valence electrons. The molecule has 1 saturated carbocycles. The second-order valence-corrected chi connectivity index (χ2v) is 6.79. The van der Waals surface area contributed by atoms with Crippen LogP contribution in [0.4, 0.5) is 0 Å². The first-order valence-electron chi connectivity index (χ1n) is 8.80. The number of unbranched alkanes of at least 4 members (excludes halogenated alkanes) is 1. The lowest BCUT2D eigenvalue weighted by Gasteiger charge is -2.27. The fraction of sp³-hybridized carbons (Fsp3) is 0.579. The van der Waals surface area contributed by atoms with Gasteiger partial charge in [0.05, 0.1) is 23.3 Å². The fourth-order valence-corrected chi connectivity index (χ4v) is 3.56. The smallest absolute Gasteiger partial charge is 0.314 e. The third-order valence-corrected chi connectivity index (χ3v) is 5.06. The van der Waals surface area contributed by atoms with Crippen LogP contribution < -0.4 is 4.74 Å². The first-order chi connectivity index (χ1) is 11.2. The van der Waals surface area contributed by atoms with Crippen LogP contribution >= 0.6 is 0 Å². The third kappa shape index (κ3) is 3.74. The van der Waals surface area contributed by atoms with E-state index in [1.54, 1.807) is 6.33 Å². The van der Waals surface area contributed by atoms with Crippen molar-refractivity contribution in [3.05, 3.63) is 24.5 Å². The molecule has 0 N–H and O–H groups in total. The number of rotatable bonds is 5. The highest BCUT2D eigenvalue weighted by Gasteiger charge is 2.27. The van der Waals surface area contributed by atoms with Crippen LogP contribution in [-0.2, 0) is 11.8 Å². The molecule has 1 fully saturated rings. The number of fused-ring (bicyclic) bond motifs is 1. The van der Waals surface area contributed by atoms with E-state index in [2.05, 4.69) is 11.9 Å². The molecular formula is C19H26N2O2. The van der Waals surface area contributed by atoms with Gasteiger partial charge in [0.2, 0.25) is 0 Å². The van der Waals surface area contributed by atoms with Gasteiger partial charge in [0.25, 0.3) is 0 Å². The molecule has 0 atom stereocenters. The highest BCUT2D eigenvalue weighted by Crippen LogP contribution is 2.33. The Morgan fingerprint density at radius 3 is 2.83 bits per heavy atom. The van der Waals surface area contributed by atoms with Gasteiger partial charge >= 0.3 is 5.97 Å². The quantitative estimate of drug-likeness (QED) is 0.604. The first kappa shape index (κ1) is 16.0. The largest absolute Gasteiger partial charge is 0.426 e. The fourth-order valence-electron chi connectivity index (χ4n) is 3.56. The molecule has 3 rings (SSSR count). The van der Waals surface area contributed by atoms with Gasteiger partial charge in [-0.25, -0.2) is 4.98 Å². The molecule has 0 unspecified atom stereocenters. The van der Waals surface area contributed by atoms with Crippen LogP contribution in [0.15, 0.2) is 24.5 Å². The summed E-state index contributed by atoms with van der Waals surface area (Å²) < 4.78 is 7.56. The number of hydrogen-bond acceptors (Lipinski definition) is 3. The summed E-state index contributed by atoms with van der Waals surface area (Å²) in [6, 6.07) is 5.65. The minimum atomic E-state index is -0.0748. The molecule has 1 aromatic heterocycles. The molecule has 0 aliphatic heterocycles. The standard InChI is InChI=1S/C19H26N2O2/c1-3-4-5-14-6-8-15(9-7-14)19(22)23-16-10-11-18-17(12-16)20-13-21(18)2/h10-15H,3-9H2,1-2H3. The minimum absolute atomic E-state index is 0.0623. The summed E-state index contributed by atoms with van der Waals surface area (Å²) in [6.45, 7) is 2.24. The summed E-state index contributed by atoms with van der Waals surface area (Å²) in [7, 11) is 1.96. The number of aryl methyl sites for hydroxylation is 1. The summed E-state index contributed by atoms with van der Waals surface area (Å²) >= 11 is 0. The molecule has 1 aromatic carbocycles. The Labute approximate surface area is 137 Å². The Morgan fingerprint density at radius 1 is 1.30 bits per heavy atom. The van der Waals surface area contributed by atoms with E-state index in [9.17, 15) is 4.79 Å². The Bertz CT molecular complexity index is 669. The predicted molar refractivity (Wildman–Crippen MR) is 91.3 cm³/mol. The Balaban J connectivity index is 1.56. The van der Waals surface area contributed by atoms with Gasteiger partial charge in [-0.15, -0.1) is 0 Å². The molecule has 4 nitrogen and oxygen atoms in total. The number of ether oxygens (including phenoxy) is 1. The maximum absolute atomic E-state index is 12.4. The zero-order chi connectivity index (χ0) is 16.2. The van der Waals surface area contributed by atoms with Gasteiger partial charge in [-0.1, -0.05) is 26.2 Å². The van der Waals surface area contributed by atoms with Crippen LogP contribution in [0.3, 0.4) is 0 Å². The van der Waals surface area contributed by atoms with Gasteiger partial charge in [0.15, 0.2) is 0 Å². The topological polar surface area (TPSA) is 44.1 Å². The van der Waals surface area contributed by atoms with E-state index in [-0.39, 0.29) is 11.9 Å². The molecule has 23 heavy (non-hydrogen) atoms. The number of nitrogens with zero attached hydrogens (tertiary/aromatic N) is 2. The van der Waals surface area contributed by atoms with Crippen LogP contribution in [-0.4, -0.2) is 15.5 Å². The second-order valence-electron chi connectivity index (χ2n) is 6.79. The molecule has 1 heterocycles. The highest BCUT2D eigenvalue weighted by atomic mass is 16.5. The van der Waals surface area contributed by atoms with E-state index in [0.29, 0.717) is 5.75 Å². The molecule has 0 amide bonds. The zero-order valence-electron chi connectivity index (χ0n) is 14.1. The van der Waals surface area contributed by atoms with E-state index in [0.717, 1.165) is 29.8 Å². The van der Waals surface area contributed by atoms with Crippen LogP contribution in [0.5, 0.6) is 5.75 Å². The molecular weight excluding hydrogens is 288 g/mol. The van der Waals surface area contributed by atoms with Crippen LogP contribution in [0.25, 0.3) is 11.0 Å². The number of carbonyl (C=O) groups excluding carboxylic acids is 1. The summed E-state index contributed by atoms with van der Waals surface area (Å²) in [5.74, 6) is 1.40. The number of esters is 1. The number of aromatic nitrogens is 2. The lowest BCUT2D eigenvalue weighted by atomic mass is 9.80. The van der Waals surface area contributed by atoms with Crippen LogP contribution in [0.1, 0.15) is 51.9 Å². The summed E-state index contributed by atoms with van der Waals surface area (Å²) in [4.78, 5) is 16.7. The maximum Gasteiger partial charge on any atom is 0.314 e. The molecule has 2 aromatic rings. The summed E-state index contributed by atoms with van der Waals surface area (Å²) in [5, 5.41) is 0. The van der Waals surface area contributed by atoms with Crippen LogP contribution in [0, 0.1) is 11.8 Å². The van der Waals surface area contributed by atoms with Crippen molar-refractivity contribution in [2.45, 2.75) is 51.9 Å². The zero-order valence-corrected chi connectivity index (χ0v) is 14.1. The first-order valence-corrected chi connectivity index (χ1v) is 8.80. The predicted octanol–water partition coefficient (Wildman–Crippen LogP) is 4.48. The Hall–Kier alpha value is -1.84. The second kappa shape index (κ2) is 7.16. The van der Waals surface area contributed by atoms with E-state index < -0.39 is 0 Å². The van der Waals surface area contributed by atoms with Gasteiger partial charge in [-0.2, -0.15) is 0 Å². The third-order valence-electron chi connectivity index (χ3n) is 5.06. The summed E-state index contributed by atoms with van der Waals surface area (Å²) in [6.07, 6.45) is 9.93. The lowest BCUT2D eigenvalue weighted by Crippen LogP contribution is -2.25. The van der Waals surface area contributed by atoms with Gasteiger partial charge in [-0.3, -0.25) is 4.79 Å². The van der Waals surface area contributed by atoms with Crippen molar-refractivity contribution in [3.8, 4) is 5.75 Å². The number of benzene rings is 1. The maximum atomic E-state index is 12.4. The number of imidazole rings is 1. The molecule has 0 spiro atoms. The highest BCUT2D eigenvalue weighted by molar-refractivity contribution is 5.80. The number of hydrogen-bond donors (Lipinski definition) is 0. The van der Waals surface area contributed by atoms with E-state index >= 15 is 0 Å². The van der Waals surface area contributed by atoms with E-state index in [1.807, 2.05) is 29.8 Å². The number of carbonyl (C=O) groups is 1. The van der Waals surface area contributed by atoms with Crippen molar-refractivity contribution < 1.29 is 9.53 Å². The average molecular weight is 314 g/mol. The average Bonchev–Trinajstić information content (AvgIpc) is 2.94. The van der Waals surface area contributed by atoms with Gasteiger partial charge < -0.3 is 9.30 Å². The van der Waals surface area contributed by atoms with Crippen molar-refractivity contribution in [2.24, 2.45) is 18.9 Å². The molecule has 0 saturated heterocycles. The van der Waals surface area contributed by atoms with Crippen molar-refractivity contribution in [1.29, 1.82) is 0 Å². The van der Waals surface area contributed by atoms with Crippen molar-refractivity contribution in [2.75, 3.05) is 0 Å². The van der Waals surface area contributed by atoms with Crippen LogP contribution in [0.2, 0.25) is 0 Å². The van der Waals surface area contributed by atoms with Gasteiger partial charge in [-0.05, 0) is 43.7 Å². The van der Waals surface area contributed by atoms with Crippen molar-refractivity contribution in [3.63, 3.8) is 0 Å². The van der Waals surface area contributed by atoms with Crippen molar-refractivity contribution >= 4 is 17.0 Å². The van der Waals surface area contributed by atoms with Crippen molar-refractivity contribution in [1.82, 2.24) is 9.55 Å². The summed E-state index contributed by atoms with van der Waals surface area (Å²) in [5.41, 5.74) is 1.90. The minimum Gasteiger partial charge on any atom is -0.426 e. The molecule has 1 aliphatic rings. The van der Waals surface area contributed by atoms with Gasteiger partial charge in [0, 0.05) is 13.1 Å². The normalized spacial score (nSPS) is 21.5. The molecule has 0 radical (unpaired) electrons.